The lowest BCUT2D eigenvalue weighted by atomic mass is 10.1. The molecule has 0 heterocycles. The third-order valence-corrected chi connectivity index (χ3v) is 1.71. The van der Waals surface area contributed by atoms with Gasteiger partial charge in [0.1, 0.15) is 0 Å². The number of hydrogen-bond donors (Lipinski definition) is 5. The van der Waals surface area contributed by atoms with Crippen molar-refractivity contribution < 1.29 is 24.6 Å². The van der Waals surface area contributed by atoms with E-state index in [9.17, 15) is 19.5 Å². The van der Waals surface area contributed by atoms with Gasteiger partial charge in [-0.2, -0.15) is 0 Å². The summed E-state index contributed by atoms with van der Waals surface area (Å²) in [5, 5.41) is 22.2. The van der Waals surface area contributed by atoms with Crippen molar-refractivity contribution >= 4 is 17.9 Å². The number of urea groups is 1. The Balaban J connectivity index is 3.82. The van der Waals surface area contributed by atoms with E-state index in [1.54, 1.807) is 0 Å². The molecule has 0 saturated carbocycles. The van der Waals surface area contributed by atoms with Crippen LogP contribution < -0.4 is 16.4 Å². The van der Waals surface area contributed by atoms with Crippen LogP contribution in [0.1, 0.15) is 13.3 Å². The quantitative estimate of drug-likeness (QED) is 0.360. The van der Waals surface area contributed by atoms with Gasteiger partial charge in [-0.1, -0.05) is 0 Å². The van der Waals surface area contributed by atoms with E-state index in [1.165, 1.54) is 0 Å². The summed E-state index contributed by atoms with van der Waals surface area (Å²) in [4.78, 5) is 31.8. The number of carboxylic acids is 1. The fraction of sp³-hybridized carbons (Fsp3) is 0.625. The molecule has 0 aromatic carbocycles. The number of amides is 3. The van der Waals surface area contributed by atoms with E-state index in [0.717, 1.165) is 6.92 Å². The minimum Gasteiger partial charge on any atom is -0.479 e. The highest BCUT2D eigenvalue weighted by atomic mass is 16.4. The van der Waals surface area contributed by atoms with Crippen molar-refractivity contribution in [3.05, 3.63) is 0 Å². The number of carbonyl (C=O) groups excluding carboxylic acids is 2. The average Bonchev–Trinajstić information content (AvgIpc) is 2.14. The molecular formula is C8H15N3O5. The number of aliphatic carboxylic acids is 1. The number of rotatable bonds is 6. The first-order valence-electron chi connectivity index (χ1n) is 4.51. The monoisotopic (exact) mass is 233 g/mol. The first kappa shape index (κ1) is 14.2. The predicted octanol–water partition coefficient (Wildman–Crippen LogP) is -2.00. The average molecular weight is 233 g/mol. The molecule has 6 N–H and O–H groups in total. The largest absolute Gasteiger partial charge is 0.479 e. The lowest BCUT2D eigenvalue weighted by Gasteiger charge is -2.18. The van der Waals surface area contributed by atoms with Gasteiger partial charge in [0.25, 0.3) is 0 Å². The van der Waals surface area contributed by atoms with Gasteiger partial charge in [0.05, 0.1) is 6.54 Å². The molecule has 0 aromatic heterocycles. The van der Waals surface area contributed by atoms with Crippen molar-refractivity contribution in [1.82, 2.24) is 10.6 Å². The molecule has 0 saturated heterocycles. The van der Waals surface area contributed by atoms with Crippen molar-refractivity contribution in [1.29, 1.82) is 0 Å². The van der Waals surface area contributed by atoms with Crippen LogP contribution in [0.3, 0.4) is 0 Å². The van der Waals surface area contributed by atoms with Crippen LogP contribution in [-0.4, -0.2) is 46.8 Å². The summed E-state index contributed by atoms with van der Waals surface area (Å²) in [6.07, 6.45) is -0.0112. The number of carboxylic acid groups (broad SMARTS) is 1. The molecule has 0 aliphatic heterocycles. The zero-order valence-electron chi connectivity index (χ0n) is 8.82. The zero-order valence-corrected chi connectivity index (χ0v) is 8.82. The first-order valence-corrected chi connectivity index (χ1v) is 4.51. The molecule has 0 rings (SSSR count). The highest BCUT2D eigenvalue weighted by Gasteiger charge is 2.30. The maximum Gasteiger partial charge on any atom is 0.337 e. The summed E-state index contributed by atoms with van der Waals surface area (Å²) >= 11 is 0. The number of aliphatic hydroxyl groups is 1. The van der Waals surface area contributed by atoms with E-state index in [1.807, 2.05) is 0 Å². The number of nitrogens with two attached hydrogens (primary N) is 1. The molecule has 1 atom stereocenters. The number of nitrogens with one attached hydrogen (secondary N) is 2. The third-order valence-electron chi connectivity index (χ3n) is 1.71. The van der Waals surface area contributed by atoms with Gasteiger partial charge in [0, 0.05) is 13.0 Å². The second-order valence-corrected chi connectivity index (χ2v) is 3.40. The van der Waals surface area contributed by atoms with Gasteiger partial charge >= 0.3 is 12.0 Å². The Morgan fingerprint density at radius 3 is 2.31 bits per heavy atom. The second-order valence-electron chi connectivity index (χ2n) is 3.40. The Morgan fingerprint density at radius 2 is 1.88 bits per heavy atom. The third kappa shape index (κ3) is 5.81. The number of primary amides is 1. The van der Waals surface area contributed by atoms with Crippen LogP contribution >= 0.6 is 0 Å². The van der Waals surface area contributed by atoms with Crippen molar-refractivity contribution in [2.24, 2.45) is 5.73 Å². The molecule has 0 bridgehead atoms. The summed E-state index contributed by atoms with van der Waals surface area (Å²) in [6, 6.07) is -0.678. The summed E-state index contributed by atoms with van der Waals surface area (Å²) in [7, 11) is 0. The maximum absolute atomic E-state index is 11.0. The number of carbonyl (C=O) groups is 3. The van der Waals surface area contributed by atoms with E-state index in [0.29, 0.717) is 0 Å². The van der Waals surface area contributed by atoms with E-state index < -0.39 is 30.1 Å². The molecule has 0 aliphatic rings. The maximum atomic E-state index is 11.0. The standard InChI is InChI=1S/C8H15N3O5/c1-8(16,6(13)14)4-11-7(15)10-3-2-5(9)12/h16H,2-4H2,1H3,(H2,9,12)(H,13,14)(H2,10,11,15). The van der Waals surface area contributed by atoms with Gasteiger partial charge in [0.2, 0.25) is 5.91 Å². The van der Waals surface area contributed by atoms with Crippen LogP contribution in [0.15, 0.2) is 0 Å². The van der Waals surface area contributed by atoms with E-state index in [4.69, 9.17) is 10.8 Å². The van der Waals surface area contributed by atoms with Gasteiger partial charge in [-0.05, 0) is 6.92 Å². The lowest BCUT2D eigenvalue weighted by molar-refractivity contribution is -0.155. The molecule has 0 spiro atoms. The molecule has 3 amide bonds. The second kappa shape index (κ2) is 5.91. The van der Waals surface area contributed by atoms with E-state index in [-0.39, 0.29) is 13.0 Å². The smallest absolute Gasteiger partial charge is 0.337 e. The first-order chi connectivity index (χ1) is 7.25. The van der Waals surface area contributed by atoms with Crippen molar-refractivity contribution in [3.63, 3.8) is 0 Å². The minimum atomic E-state index is -2.03. The Hall–Kier alpha value is -1.83. The van der Waals surface area contributed by atoms with Crippen LogP contribution in [0, 0.1) is 0 Å². The summed E-state index contributed by atoms with van der Waals surface area (Å²) in [5.74, 6) is -2.00. The van der Waals surface area contributed by atoms with Gasteiger partial charge < -0.3 is 26.6 Å². The molecule has 8 heteroatoms. The number of hydrogen-bond acceptors (Lipinski definition) is 4. The van der Waals surface area contributed by atoms with E-state index in [2.05, 4.69) is 10.6 Å². The summed E-state index contributed by atoms with van der Waals surface area (Å²) < 4.78 is 0. The molecule has 92 valence electrons. The van der Waals surface area contributed by atoms with Crippen LogP contribution in [0.25, 0.3) is 0 Å². The topological polar surface area (TPSA) is 142 Å². The molecule has 0 aromatic rings. The van der Waals surface area contributed by atoms with Crippen LogP contribution in [0.4, 0.5) is 4.79 Å². The molecule has 0 fully saturated rings. The Bertz CT molecular complexity index is 289. The highest BCUT2D eigenvalue weighted by molar-refractivity contribution is 5.80. The molecule has 16 heavy (non-hydrogen) atoms. The Labute approximate surface area is 91.8 Å². The molecule has 0 radical (unpaired) electrons. The van der Waals surface area contributed by atoms with Crippen LogP contribution in [0.5, 0.6) is 0 Å². The molecule has 0 aliphatic carbocycles. The molecule has 8 nitrogen and oxygen atoms in total. The fourth-order valence-corrected chi connectivity index (χ4v) is 0.690. The lowest BCUT2D eigenvalue weighted by Crippen LogP contribution is -2.49. The van der Waals surface area contributed by atoms with Gasteiger partial charge in [-0.25, -0.2) is 9.59 Å². The summed E-state index contributed by atoms with van der Waals surface area (Å²) in [6.45, 7) is 0.667. The van der Waals surface area contributed by atoms with Crippen LogP contribution in [-0.2, 0) is 9.59 Å². The Kier molecular flexibility index (Phi) is 5.23. The summed E-state index contributed by atoms with van der Waals surface area (Å²) in [5.41, 5.74) is 2.81. The normalized spacial score (nSPS) is 13.6. The van der Waals surface area contributed by atoms with E-state index >= 15 is 0 Å². The van der Waals surface area contributed by atoms with Crippen molar-refractivity contribution in [2.75, 3.05) is 13.1 Å². The fourth-order valence-electron chi connectivity index (χ4n) is 0.690. The molecule has 1 unspecified atom stereocenters. The predicted molar refractivity (Wildman–Crippen MR) is 53.5 cm³/mol. The highest BCUT2D eigenvalue weighted by Crippen LogP contribution is 2.00. The van der Waals surface area contributed by atoms with Crippen LogP contribution in [0.2, 0.25) is 0 Å². The van der Waals surface area contributed by atoms with Gasteiger partial charge in [-0.15, -0.1) is 0 Å². The SMILES string of the molecule is CC(O)(CNC(=O)NCCC(N)=O)C(=O)O. The zero-order chi connectivity index (χ0) is 12.8. The van der Waals surface area contributed by atoms with Gasteiger partial charge in [0.15, 0.2) is 5.60 Å². The van der Waals surface area contributed by atoms with Gasteiger partial charge in [-0.3, -0.25) is 4.79 Å². The van der Waals surface area contributed by atoms with Crippen molar-refractivity contribution in [3.8, 4) is 0 Å². The van der Waals surface area contributed by atoms with Crippen molar-refractivity contribution in [2.45, 2.75) is 18.9 Å². The minimum absolute atomic E-state index is 0.0112. The molecular weight excluding hydrogens is 218 g/mol. The Morgan fingerprint density at radius 1 is 1.31 bits per heavy atom.